The topological polar surface area (TPSA) is 60.0 Å². The van der Waals surface area contributed by atoms with Crippen LogP contribution in [0.25, 0.3) is 0 Å². The minimum Gasteiger partial charge on any atom is -0.493 e. The van der Waals surface area contributed by atoms with E-state index in [-0.39, 0.29) is 12.1 Å². The van der Waals surface area contributed by atoms with Crippen molar-refractivity contribution in [3.05, 3.63) is 17.7 Å². The van der Waals surface area contributed by atoms with Gasteiger partial charge in [-0.2, -0.15) is 0 Å². The average molecular weight is 267 g/mol. The molecular formula is C14H21NO4. The smallest absolute Gasteiger partial charge is 0.203 e. The molecular weight excluding hydrogens is 246 g/mol. The summed E-state index contributed by atoms with van der Waals surface area (Å²) in [6.07, 6.45) is 0. The molecule has 2 rings (SSSR count). The quantitative estimate of drug-likeness (QED) is 0.842. The first-order chi connectivity index (χ1) is 9.05. The fraction of sp³-hybridized carbons (Fsp3) is 0.571. The van der Waals surface area contributed by atoms with Gasteiger partial charge >= 0.3 is 0 Å². The first-order valence-electron chi connectivity index (χ1n) is 6.38. The van der Waals surface area contributed by atoms with E-state index in [1.165, 1.54) is 0 Å². The van der Waals surface area contributed by atoms with Crippen molar-refractivity contribution in [2.24, 2.45) is 0 Å². The summed E-state index contributed by atoms with van der Waals surface area (Å²) < 4.78 is 16.5. The number of aliphatic hydroxyl groups excluding tert-OH is 1. The molecule has 2 N–H and O–H groups in total. The molecule has 106 valence electrons. The van der Waals surface area contributed by atoms with Crippen molar-refractivity contribution in [3.8, 4) is 17.2 Å². The molecule has 0 saturated carbocycles. The number of hydrogen-bond donors (Lipinski definition) is 2. The molecule has 0 aliphatic carbocycles. The van der Waals surface area contributed by atoms with E-state index in [2.05, 4.69) is 5.32 Å². The first kappa shape index (κ1) is 14.0. The van der Waals surface area contributed by atoms with Crippen LogP contribution in [0.15, 0.2) is 12.1 Å². The number of aliphatic hydroxyl groups is 1. The molecule has 0 spiro atoms. The van der Waals surface area contributed by atoms with Crippen molar-refractivity contribution in [2.75, 3.05) is 26.9 Å². The summed E-state index contributed by atoms with van der Waals surface area (Å²) >= 11 is 0. The van der Waals surface area contributed by atoms with Gasteiger partial charge in [-0.05, 0) is 31.5 Å². The van der Waals surface area contributed by atoms with E-state index >= 15 is 0 Å². The van der Waals surface area contributed by atoms with Gasteiger partial charge < -0.3 is 24.6 Å². The fourth-order valence-electron chi connectivity index (χ4n) is 1.83. The molecule has 0 fully saturated rings. The maximum absolute atomic E-state index is 9.23. The summed E-state index contributed by atoms with van der Waals surface area (Å²) in [6, 6.07) is 3.87. The maximum Gasteiger partial charge on any atom is 0.203 e. The molecule has 0 amide bonds. The Morgan fingerprint density at radius 1 is 1.32 bits per heavy atom. The summed E-state index contributed by atoms with van der Waals surface area (Å²) in [5.74, 6) is 2.05. The molecule has 0 aromatic heterocycles. The lowest BCUT2D eigenvalue weighted by molar-refractivity contribution is 0.164. The van der Waals surface area contributed by atoms with E-state index in [9.17, 15) is 5.11 Å². The summed E-state index contributed by atoms with van der Waals surface area (Å²) in [5, 5.41) is 12.5. The van der Waals surface area contributed by atoms with Crippen molar-refractivity contribution in [2.45, 2.75) is 25.9 Å². The van der Waals surface area contributed by atoms with Crippen LogP contribution in [0.2, 0.25) is 0 Å². The predicted molar refractivity (Wildman–Crippen MR) is 72.0 cm³/mol. The number of ether oxygens (including phenoxy) is 3. The minimum absolute atomic E-state index is 0.0781. The van der Waals surface area contributed by atoms with Gasteiger partial charge in [-0.25, -0.2) is 0 Å². The zero-order chi connectivity index (χ0) is 13.9. The molecule has 5 nitrogen and oxygen atoms in total. The highest BCUT2D eigenvalue weighted by atomic mass is 16.6. The molecule has 0 unspecified atom stereocenters. The van der Waals surface area contributed by atoms with Crippen LogP contribution in [0, 0.1) is 0 Å². The van der Waals surface area contributed by atoms with Crippen LogP contribution >= 0.6 is 0 Å². The Morgan fingerprint density at radius 3 is 2.74 bits per heavy atom. The normalized spacial score (nSPS) is 14.3. The van der Waals surface area contributed by atoms with Gasteiger partial charge in [0.05, 0.1) is 13.7 Å². The number of methoxy groups -OCH3 is 1. The molecule has 5 heteroatoms. The molecule has 0 bridgehead atoms. The zero-order valence-electron chi connectivity index (χ0n) is 11.7. The SMILES string of the molecule is COc1cc(CNC(C)(C)CO)cc2c1OCCO2. The van der Waals surface area contributed by atoms with Crippen molar-refractivity contribution < 1.29 is 19.3 Å². The molecule has 1 aliphatic rings. The largest absolute Gasteiger partial charge is 0.493 e. The van der Waals surface area contributed by atoms with Crippen molar-refractivity contribution in [1.29, 1.82) is 0 Å². The van der Waals surface area contributed by atoms with Crippen LogP contribution in [0.3, 0.4) is 0 Å². The van der Waals surface area contributed by atoms with Gasteiger partial charge in [0.2, 0.25) is 5.75 Å². The number of rotatable bonds is 5. The standard InChI is InChI=1S/C14H21NO4/c1-14(2,9-16)15-8-10-6-11(17-3)13-12(7-10)18-4-5-19-13/h6-7,15-16H,4-5,8-9H2,1-3H3. The highest BCUT2D eigenvalue weighted by Gasteiger charge is 2.20. The Hall–Kier alpha value is -1.46. The highest BCUT2D eigenvalue weighted by Crippen LogP contribution is 2.40. The van der Waals surface area contributed by atoms with Crippen LogP contribution in [-0.2, 0) is 6.54 Å². The van der Waals surface area contributed by atoms with Crippen LogP contribution in [0.4, 0.5) is 0 Å². The van der Waals surface area contributed by atoms with Crippen molar-refractivity contribution >= 4 is 0 Å². The van der Waals surface area contributed by atoms with E-state index in [0.29, 0.717) is 37.0 Å². The van der Waals surface area contributed by atoms with Crippen molar-refractivity contribution in [3.63, 3.8) is 0 Å². The fourth-order valence-corrected chi connectivity index (χ4v) is 1.83. The number of hydrogen-bond acceptors (Lipinski definition) is 5. The van der Waals surface area contributed by atoms with E-state index in [1.54, 1.807) is 7.11 Å². The molecule has 0 saturated heterocycles. The van der Waals surface area contributed by atoms with Crippen LogP contribution in [0.1, 0.15) is 19.4 Å². The lowest BCUT2D eigenvalue weighted by Gasteiger charge is -2.25. The van der Waals surface area contributed by atoms with Crippen LogP contribution in [-0.4, -0.2) is 37.6 Å². The molecule has 1 aromatic rings. The summed E-state index contributed by atoms with van der Waals surface area (Å²) in [6.45, 7) is 5.69. The van der Waals surface area contributed by atoms with Crippen LogP contribution < -0.4 is 19.5 Å². The second-order valence-electron chi connectivity index (χ2n) is 5.22. The summed E-state index contributed by atoms with van der Waals surface area (Å²) in [4.78, 5) is 0. The predicted octanol–water partition coefficient (Wildman–Crippen LogP) is 1.33. The maximum atomic E-state index is 9.23. The van der Waals surface area contributed by atoms with Crippen molar-refractivity contribution in [1.82, 2.24) is 5.32 Å². The van der Waals surface area contributed by atoms with Gasteiger partial charge in [-0.15, -0.1) is 0 Å². The molecule has 0 atom stereocenters. The Morgan fingerprint density at radius 2 is 2.05 bits per heavy atom. The van der Waals surface area contributed by atoms with Gasteiger partial charge in [0.1, 0.15) is 13.2 Å². The molecule has 1 aromatic carbocycles. The third-order valence-corrected chi connectivity index (χ3v) is 3.05. The van der Waals surface area contributed by atoms with Gasteiger partial charge in [0.25, 0.3) is 0 Å². The Labute approximate surface area is 113 Å². The van der Waals surface area contributed by atoms with E-state index < -0.39 is 0 Å². The first-order valence-corrected chi connectivity index (χ1v) is 6.38. The van der Waals surface area contributed by atoms with E-state index in [4.69, 9.17) is 14.2 Å². The third-order valence-electron chi connectivity index (χ3n) is 3.05. The minimum atomic E-state index is -0.319. The van der Waals surface area contributed by atoms with Gasteiger partial charge in [0.15, 0.2) is 11.5 Å². The second kappa shape index (κ2) is 5.67. The van der Waals surface area contributed by atoms with Gasteiger partial charge in [-0.3, -0.25) is 0 Å². The molecule has 0 radical (unpaired) electrons. The molecule has 1 heterocycles. The third kappa shape index (κ3) is 3.30. The van der Waals surface area contributed by atoms with E-state index in [0.717, 1.165) is 5.56 Å². The molecule has 1 aliphatic heterocycles. The number of nitrogens with one attached hydrogen (secondary N) is 1. The Balaban J connectivity index is 2.18. The zero-order valence-corrected chi connectivity index (χ0v) is 11.7. The lowest BCUT2D eigenvalue weighted by atomic mass is 10.1. The second-order valence-corrected chi connectivity index (χ2v) is 5.22. The molecule has 19 heavy (non-hydrogen) atoms. The van der Waals surface area contributed by atoms with E-state index in [1.807, 2.05) is 26.0 Å². The van der Waals surface area contributed by atoms with Gasteiger partial charge in [0, 0.05) is 12.1 Å². The Bertz CT molecular complexity index is 428. The lowest BCUT2D eigenvalue weighted by Crippen LogP contribution is -2.42. The summed E-state index contributed by atoms with van der Waals surface area (Å²) in [5.41, 5.74) is 0.711. The number of fused-ring (bicyclic) bond motifs is 1. The Kier molecular flexibility index (Phi) is 4.17. The van der Waals surface area contributed by atoms with Crippen LogP contribution in [0.5, 0.6) is 17.2 Å². The average Bonchev–Trinajstić information content (AvgIpc) is 2.44. The monoisotopic (exact) mass is 267 g/mol. The highest BCUT2D eigenvalue weighted by molar-refractivity contribution is 5.54. The van der Waals surface area contributed by atoms with Gasteiger partial charge in [-0.1, -0.05) is 0 Å². The number of benzene rings is 1. The summed E-state index contributed by atoms with van der Waals surface area (Å²) in [7, 11) is 1.61.